The second-order valence-electron chi connectivity index (χ2n) is 9.24. The molecule has 0 bridgehead atoms. The summed E-state index contributed by atoms with van der Waals surface area (Å²) in [4.78, 5) is 26.5. The van der Waals surface area contributed by atoms with E-state index in [0.29, 0.717) is 46.5 Å². The predicted octanol–water partition coefficient (Wildman–Crippen LogP) is 4.50. The number of hydrogen-bond donors (Lipinski definition) is 3. The van der Waals surface area contributed by atoms with Gasteiger partial charge in [-0.05, 0) is 73.7 Å². The molecule has 1 aliphatic carbocycles. The van der Waals surface area contributed by atoms with E-state index >= 15 is 0 Å². The first kappa shape index (κ1) is 25.8. The van der Waals surface area contributed by atoms with Crippen LogP contribution < -0.4 is 16.0 Å². The van der Waals surface area contributed by atoms with Crippen LogP contribution in [-0.2, 0) is 27.6 Å². The van der Waals surface area contributed by atoms with Gasteiger partial charge in [0.1, 0.15) is 6.04 Å². The molecule has 2 amide bonds. The molecule has 0 aromatic heterocycles. The van der Waals surface area contributed by atoms with Gasteiger partial charge >= 0.3 is 6.18 Å². The summed E-state index contributed by atoms with van der Waals surface area (Å²) in [7, 11) is 0. The van der Waals surface area contributed by atoms with E-state index in [1.807, 2.05) is 0 Å². The van der Waals surface area contributed by atoms with Gasteiger partial charge in [-0.2, -0.15) is 13.2 Å². The fourth-order valence-electron chi connectivity index (χ4n) is 4.45. The van der Waals surface area contributed by atoms with E-state index in [2.05, 4.69) is 16.0 Å². The van der Waals surface area contributed by atoms with Gasteiger partial charge in [0, 0.05) is 23.0 Å². The molecule has 1 saturated heterocycles. The number of alkyl halides is 3. The van der Waals surface area contributed by atoms with Gasteiger partial charge in [0.15, 0.2) is 0 Å². The number of carbonyl (C=O) groups is 2. The van der Waals surface area contributed by atoms with E-state index in [4.69, 9.17) is 23.2 Å². The van der Waals surface area contributed by atoms with Gasteiger partial charge in [-0.25, -0.2) is 0 Å². The minimum Gasteiger partial charge on any atom is -0.354 e. The third kappa shape index (κ3) is 6.11. The van der Waals surface area contributed by atoms with E-state index < -0.39 is 23.2 Å². The molecule has 3 N–H and O–H groups in total. The molecule has 2 atom stereocenters. The number of benzene rings is 2. The molecule has 188 valence electrons. The lowest BCUT2D eigenvalue weighted by Crippen LogP contribution is -2.51. The van der Waals surface area contributed by atoms with Crippen LogP contribution >= 0.6 is 23.2 Å². The highest BCUT2D eigenvalue weighted by Gasteiger charge is 2.53. The van der Waals surface area contributed by atoms with Crippen molar-refractivity contribution >= 4 is 35.0 Å². The first-order chi connectivity index (χ1) is 16.6. The fourth-order valence-corrected chi connectivity index (χ4v) is 5.04. The molecule has 35 heavy (non-hydrogen) atoms. The molecule has 2 fully saturated rings. The highest BCUT2D eigenvalue weighted by atomic mass is 35.5. The van der Waals surface area contributed by atoms with Gasteiger partial charge < -0.3 is 16.0 Å². The van der Waals surface area contributed by atoms with Crippen LogP contribution in [0.3, 0.4) is 0 Å². The fraction of sp³-hybridized carbons (Fsp3) is 0.440. The van der Waals surface area contributed by atoms with Crippen LogP contribution in [0.5, 0.6) is 0 Å². The van der Waals surface area contributed by atoms with Crippen LogP contribution in [0.2, 0.25) is 10.0 Å². The zero-order valence-electron chi connectivity index (χ0n) is 18.9. The van der Waals surface area contributed by atoms with Crippen LogP contribution in [-0.4, -0.2) is 37.5 Å². The molecule has 1 saturated carbocycles. The Hall–Kier alpha value is -2.29. The molecule has 2 aromatic carbocycles. The predicted molar refractivity (Wildman–Crippen MR) is 128 cm³/mol. The Balaban J connectivity index is 1.51. The molecule has 0 radical (unpaired) electrons. The lowest BCUT2D eigenvalue weighted by molar-refractivity contribution is -0.137. The molecule has 10 heteroatoms. The van der Waals surface area contributed by atoms with Gasteiger partial charge in [-0.1, -0.05) is 41.4 Å². The maximum Gasteiger partial charge on any atom is 0.416 e. The van der Waals surface area contributed by atoms with Gasteiger partial charge in [0.2, 0.25) is 11.8 Å². The molecule has 0 spiro atoms. The van der Waals surface area contributed by atoms with Crippen molar-refractivity contribution < 1.29 is 22.8 Å². The zero-order valence-corrected chi connectivity index (χ0v) is 20.4. The lowest BCUT2D eigenvalue weighted by atomic mass is 9.93. The summed E-state index contributed by atoms with van der Waals surface area (Å²) in [5.74, 6) is -0.413. The van der Waals surface area contributed by atoms with Crippen molar-refractivity contribution in [3.05, 3.63) is 69.2 Å². The van der Waals surface area contributed by atoms with E-state index in [-0.39, 0.29) is 18.2 Å². The molecule has 1 unspecified atom stereocenters. The van der Waals surface area contributed by atoms with Gasteiger partial charge in [0.05, 0.1) is 11.0 Å². The molecule has 4 rings (SSSR count). The highest BCUT2D eigenvalue weighted by molar-refractivity contribution is 6.35. The SMILES string of the molecule is O=C(NCC1CCNC1)[C@H](Cc1ccc(C(F)(F)F)cc1)NC(=O)C1(c2ccc(Cl)cc2Cl)CC1. The van der Waals surface area contributed by atoms with Crippen molar-refractivity contribution in [3.63, 3.8) is 0 Å². The van der Waals surface area contributed by atoms with Crippen LogP contribution in [0, 0.1) is 5.92 Å². The Morgan fingerprint density at radius 2 is 1.83 bits per heavy atom. The van der Waals surface area contributed by atoms with E-state index in [1.165, 1.54) is 12.1 Å². The first-order valence-electron chi connectivity index (χ1n) is 11.5. The second kappa shape index (κ2) is 10.4. The van der Waals surface area contributed by atoms with Crippen molar-refractivity contribution in [1.82, 2.24) is 16.0 Å². The van der Waals surface area contributed by atoms with E-state index in [1.54, 1.807) is 18.2 Å². The minimum absolute atomic E-state index is 0.0586. The lowest BCUT2D eigenvalue weighted by Gasteiger charge is -2.24. The molecule has 5 nitrogen and oxygen atoms in total. The number of rotatable bonds is 8. The Kier molecular flexibility index (Phi) is 7.64. The maximum atomic E-state index is 13.4. The van der Waals surface area contributed by atoms with Crippen LogP contribution in [0.15, 0.2) is 42.5 Å². The number of carbonyl (C=O) groups excluding carboxylic acids is 2. The van der Waals surface area contributed by atoms with E-state index in [0.717, 1.165) is 31.6 Å². The summed E-state index contributed by atoms with van der Waals surface area (Å²) < 4.78 is 38.8. The van der Waals surface area contributed by atoms with Crippen LogP contribution in [0.4, 0.5) is 13.2 Å². The standard InChI is InChI=1S/C25H26Cl2F3N3O2/c26-18-5-6-19(20(27)12-18)24(8-9-24)23(35)33-21(22(34)32-14-16-7-10-31-13-16)11-15-1-3-17(4-2-15)25(28,29)30/h1-6,12,16,21,31H,7-11,13-14H2,(H,32,34)(H,33,35)/t16?,21-/m0/s1. The van der Waals surface area contributed by atoms with Crippen molar-refractivity contribution in [2.45, 2.75) is 43.3 Å². The molecular formula is C25H26Cl2F3N3O2. The first-order valence-corrected chi connectivity index (χ1v) is 12.3. The van der Waals surface area contributed by atoms with Crippen LogP contribution in [0.1, 0.15) is 36.0 Å². The molecular weight excluding hydrogens is 502 g/mol. The normalized spacial score (nSPS) is 19.7. The Bertz CT molecular complexity index is 1080. The number of hydrogen-bond acceptors (Lipinski definition) is 3. The summed E-state index contributed by atoms with van der Waals surface area (Å²) in [6.07, 6.45) is -2.31. The molecule has 2 aliphatic rings. The van der Waals surface area contributed by atoms with Crippen molar-refractivity contribution in [2.75, 3.05) is 19.6 Å². The van der Waals surface area contributed by atoms with Gasteiger partial charge in [0.25, 0.3) is 0 Å². The van der Waals surface area contributed by atoms with Gasteiger partial charge in [-0.3, -0.25) is 9.59 Å². The Morgan fingerprint density at radius 1 is 1.11 bits per heavy atom. The third-order valence-corrected chi connectivity index (χ3v) is 7.25. The van der Waals surface area contributed by atoms with Crippen molar-refractivity contribution in [3.8, 4) is 0 Å². The van der Waals surface area contributed by atoms with Crippen molar-refractivity contribution in [1.29, 1.82) is 0 Å². The minimum atomic E-state index is -4.45. The average molecular weight is 528 g/mol. The average Bonchev–Trinajstić information content (AvgIpc) is 3.43. The molecule has 1 aliphatic heterocycles. The Morgan fingerprint density at radius 3 is 2.40 bits per heavy atom. The van der Waals surface area contributed by atoms with E-state index in [9.17, 15) is 22.8 Å². The number of halogens is 5. The number of nitrogens with one attached hydrogen (secondary N) is 3. The second-order valence-corrected chi connectivity index (χ2v) is 10.1. The highest BCUT2D eigenvalue weighted by Crippen LogP contribution is 2.51. The monoisotopic (exact) mass is 527 g/mol. The Labute approximate surface area is 211 Å². The quantitative estimate of drug-likeness (QED) is 0.473. The smallest absolute Gasteiger partial charge is 0.354 e. The van der Waals surface area contributed by atoms with Gasteiger partial charge in [-0.15, -0.1) is 0 Å². The largest absolute Gasteiger partial charge is 0.416 e. The maximum absolute atomic E-state index is 13.4. The molecule has 2 aromatic rings. The summed E-state index contributed by atoms with van der Waals surface area (Å²) in [6.45, 7) is 2.14. The third-order valence-electron chi connectivity index (χ3n) is 6.70. The summed E-state index contributed by atoms with van der Waals surface area (Å²) >= 11 is 12.4. The summed E-state index contributed by atoms with van der Waals surface area (Å²) in [6, 6.07) is 8.63. The topological polar surface area (TPSA) is 70.2 Å². The molecule has 1 heterocycles. The summed E-state index contributed by atoms with van der Waals surface area (Å²) in [5.41, 5.74) is -0.466. The zero-order chi connectivity index (χ0) is 25.2. The number of amides is 2. The van der Waals surface area contributed by atoms with Crippen LogP contribution in [0.25, 0.3) is 0 Å². The van der Waals surface area contributed by atoms with Crippen molar-refractivity contribution in [2.24, 2.45) is 5.92 Å². The summed E-state index contributed by atoms with van der Waals surface area (Å²) in [5, 5.41) is 9.81.